The van der Waals surface area contributed by atoms with Crippen LogP contribution in [0.5, 0.6) is 11.5 Å². The Morgan fingerprint density at radius 1 is 0.600 bits per heavy atom. The van der Waals surface area contributed by atoms with Gasteiger partial charge in [-0.1, -0.05) is 18.2 Å². The fourth-order valence-corrected chi connectivity index (χ4v) is 10.4. The van der Waals surface area contributed by atoms with Crippen LogP contribution in [0.2, 0.25) is 5.28 Å². The van der Waals surface area contributed by atoms with Crippen molar-refractivity contribution in [3.63, 3.8) is 0 Å². The maximum absolute atomic E-state index is 12.9. The number of phenols is 2. The van der Waals surface area contributed by atoms with Gasteiger partial charge in [0.05, 0.1) is 22.9 Å². The summed E-state index contributed by atoms with van der Waals surface area (Å²) in [5.74, 6) is -4.46. The molecule has 1 heterocycles. The van der Waals surface area contributed by atoms with Crippen molar-refractivity contribution in [2.24, 2.45) is 10.2 Å². The molecule has 0 spiro atoms. The van der Waals surface area contributed by atoms with Gasteiger partial charge < -0.3 is 20.8 Å². The van der Waals surface area contributed by atoms with Crippen LogP contribution in [0.4, 0.5) is 34.6 Å². The van der Waals surface area contributed by atoms with E-state index in [4.69, 9.17) is 16.2 Å². The Morgan fingerprint density at radius 2 is 1.22 bits per heavy atom. The molecule has 27 nitrogen and oxygen atoms in total. The zero-order valence-electron chi connectivity index (χ0n) is 31.3. The number of rotatable bonds is 15. The summed E-state index contributed by atoms with van der Waals surface area (Å²) < 4.78 is 198. The highest BCUT2D eigenvalue weighted by Crippen LogP contribution is 2.44. The standard InChI is InChI=1S/C31H24ClN7O20S6/c32-29-35-30(37-31(36-29)34-21-12-16(13-24(27(21)41)63(50,51)52)60(42,43)9-8-59-65(56,57)58)33-15-4-5-17-14(10-15)11-23(62(47,48)49)25(26(17)40)39-38-20-7-6-18-19(28(20)64(53,54)55)2-1-3-22(18)61(44,45)46/h1-7,10-13,40-41H,8-9H2,(H,44,45,46)(H,47,48,49)(H,50,51,52)(H,53,54,55)(H,56,57,58)(H2,33,34,35,36,37). The number of fused-ring (bicyclic) bond motifs is 2. The molecule has 0 radical (unpaired) electrons. The highest BCUT2D eigenvalue weighted by atomic mass is 35.5. The van der Waals surface area contributed by atoms with Gasteiger partial charge in [-0.05, 0) is 65.5 Å². The molecule has 0 aliphatic carbocycles. The van der Waals surface area contributed by atoms with Gasteiger partial charge in [0.15, 0.2) is 21.3 Å². The second kappa shape index (κ2) is 17.2. The number of aromatic nitrogens is 3. The van der Waals surface area contributed by atoms with Crippen molar-refractivity contribution in [2.45, 2.75) is 24.5 Å². The van der Waals surface area contributed by atoms with Crippen LogP contribution in [0.3, 0.4) is 0 Å². The maximum atomic E-state index is 12.9. The van der Waals surface area contributed by atoms with E-state index in [2.05, 4.69) is 40.0 Å². The Kier molecular flexibility index (Phi) is 12.9. The van der Waals surface area contributed by atoms with E-state index in [0.717, 1.165) is 42.5 Å². The molecular formula is C31H24ClN7O20S6. The molecule has 0 aliphatic rings. The number of phenolic OH excluding ortho intramolecular Hbond substituents is 2. The quantitative estimate of drug-likeness (QED) is 0.0402. The number of nitrogens with zero attached hydrogens (tertiary/aromatic N) is 5. The Balaban J connectivity index is 1.37. The van der Waals surface area contributed by atoms with Crippen molar-refractivity contribution in [3.05, 3.63) is 72.0 Å². The third kappa shape index (κ3) is 11.0. The van der Waals surface area contributed by atoms with Crippen LogP contribution in [0, 0.1) is 0 Å². The SMILES string of the molecule is O=S(=O)(O)OCCS(=O)(=O)c1cc(Nc2nc(Cl)nc(Nc3ccc4c(O)c(N=Nc5ccc6c(S(=O)(=O)O)cccc6c5S(=O)(=O)O)c(S(=O)(=O)O)cc4c3)n2)c(O)c(S(=O)(=O)O)c1. The van der Waals surface area contributed by atoms with Crippen molar-refractivity contribution >= 4 is 129 Å². The number of benzene rings is 5. The second-order valence-electron chi connectivity index (χ2n) is 12.8. The molecule has 5 aromatic carbocycles. The molecular weight excluding hydrogens is 1020 g/mol. The second-order valence-corrected chi connectivity index (χ2v) is 21.8. The van der Waals surface area contributed by atoms with Gasteiger partial charge in [-0.3, -0.25) is 22.8 Å². The summed E-state index contributed by atoms with van der Waals surface area (Å²) in [7, 11) is -30.6. The lowest BCUT2D eigenvalue weighted by atomic mass is 10.1. The average Bonchev–Trinajstić information content (AvgIpc) is 3.15. The molecule has 0 unspecified atom stereocenters. The van der Waals surface area contributed by atoms with Gasteiger partial charge in [0.25, 0.3) is 40.5 Å². The molecule has 0 saturated heterocycles. The van der Waals surface area contributed by atoms with E-state index in [1.807, 2.05) is 0 Å². The zero-order valence-corrected chi connectivity index (χ0v) is 36.9. The van der Waals surface area contributed by atoms with Gasteiger partial charge in [-0.2, -0.15) is 57.0 Å². The predicted molar refractivity (Wildman–Crippen MR) is 222 cm³/mol. The average molecular weight is 1040 g/mol. The molecule has 0 saturated carbocycles. The summed E-state index contributed by atoms with van der Waals surface area (Å²) in [6.45, 7) is -1.14. The van der Waals surface area contributed by atoms with Gasteiger partial charge in [0.1, 0.15) is 31.0 Å². The van der Waals surface area contributed by atoms with Crippen LogP contribution < -0.4 is 10.6 Å². The Hall–Kier alpha value is -5.82. The first-order valence-corrected chi connectivity index (χ1v) is 25.8. The molecule has 0 amide bonds. The van der Waals surface area contributed by atoms with Crippen molar-refractivity contribution in [3.8, 4) is 11.5 Å². The lowest BCUT2D eigenvalue weighted by Crippen LogP contribution is -2.16. The lowest BCUT2D eigenvalue weighted by molar-refractivity contribution is 0.284. The first-order chi connectivity index (χ1) is 29.8. The largest absolute Gasteiger partial charge is 0.505 e. The summed E-state index contributed by atoms with van der Waals surface area (Å²) in [5.41, 5.74) is -2.46. The molecule has 6 rings (SSSR count). The number of hydrogen-bond acceptors (Lipinski definition) is 22. The number of azo groups is 1. The van der Waals surface area contributed by atoms with Crippen LogP contribution in [0.15, 0.2) is 101 Å². The van der Waals surface area contributed by atoms with Gasteiger partial charge >= 0.3 is 10.4 Å². The first kappa shape index (κ1) is 48.6. The number of aromatic hydroxyl groups is 2. The van der Waals surface area contributed by atoms with Crippen LogP contribution in [0.1, 0.15) is 0 Å². The highest BCUT2D eigenvalue weighted by molar-refractivity contribution is 7.91. The summed E-state index contributed by atoms with van der Waals surface area (Å²) in [5, 5.41) is 32.3. The first-order valence-electron chi connectivity index (χ1n) is 16.7. The third-order valence-electron chi connectivity index (χ3n) is 8.45. The van der Waals surface area contributed by atoms with E-state index in [1.165, 1.54) is 12.1 Å². The summed E-state index contributed by atoms with van der Waals surface area (Å²) >= 11 is 6.04. The Labute approximate surface area is 370 Å². The number of anilines is 4. The molecule has 34 heteroatoms. The molecule has 9 N–H and O–H groups in total. The molecule has 0 bridgehead atoms. The summed E-state index contributed by atoms with van der Waals surface area (Å²) in [6.07, 6.45) is 0. The smallest absolute Gasteiger partial charge is 0.397 e. The number of sulfone groups is 1. The molecule has 0 fully saturated rings. The van der Waals surface area contributed by atoms with Crippen LogP contribution in [0.25, 0.3) is 21.5 Å². The highest BCUT2D eigenvalue weighted by Gasteiger charge is 2.28. The minimum atomic E-state index is -5.35. The molecule has 1 aromatic heterocycles. The van der Waals surface area contributed by atoms with Gasteiger partial charge in [-0.15, -0.1) is 10.2 Å². The minimum absolute atomic E-state index is 0.0179. The Morgan fingerprint density at radius 3 is 1.82 bits per heavy atom. The Bertz CT molecular complexity index is 3730. The van der Waals surface area contributed by atoms with Gasteiger partial charge in [0.2, 0.25) is 17.2 Å². The minimum Gasteiger partial charge on any atom is -0.505 e. The lowest BCUT2D eigenvalue weighted by Gasteiger charge is -2.14. The van der Waals surface area contributed by atoms with Crippen molar-refractivity contribution in [1.82, 2.24) is 15.0 Å². The van der Waals surface area contributed by atoms with Crippen molar-refractivity contribution < 1.29 is 87.7 Å². The normalized spacial score (nSPS) is 13.1. The third-order valence-corrected chi connectivity index (χ3v) is 14.3. The number of halogens is 1. The van der Waals surface area contributed by atoms with E-state index in [9.17, 15) is 78.9 Å². The van der Waals surface area contributed by atoms with E-state index in [-0.39, 0.29) is 21.8 Å². The van der Waals surface area contributed by atoms with E-state index >= 15 is 0 Å². The van der Waals surface area contributed by atoms with Crippen LogP contribution in [-0.2, 0) is 64.9 Å². The van der Waals surface area contributed by atoms with E-state index in [0.29, 0.717) is 12.1 Å². The monoisotopic (exact) mass is 1040 g/mol. The molecule has 0 atom stereocenters. The van der Waals surface area contributed by atoms with Gasteiger partial charge in [-0.25, -0.2) is 12.6 Å². The fraction of sp³-hybridized carbons (Fsp3) is 0.0645. The summed E-state index contributed by atoms with van der Waals surface area (Å²) in [4.78, 5) is 6.41. The van der Waals surface area contributed by atoms with Crippen molar-refractivity contribution in [2.75, 3.05) is 23.0 Å². The maximum Gasteiger partial charge on any atom is 0.397 e. The fourth-order valence-electron chi connectivity index (χ4n) is 5.82. The van der Waals surface area contributed by atoms with E-state index < -0.39 is 149 Å². The number of hydrogen-bond donors (Lipinski definition) is 9. The molecule has 0 aliphatic heterocycles. The number of nitrogens with one attached hydrogen (secondary N) is 2. The van der Waals surface area contributed by atoms with Crippen LogP contribution in [-0.4, -0.2) is 111 Å². The van der Waals surface area contributed by atoms with Gasteiger partial charge in [0, 0.05) is 21.8 Å². The van der Waals surface area contributed by atoms with Crippen LogP contribution >= 0.6 is 11.6 Å². The topological polar surface area (TPSA) is 443 Å². The van der Waals surface area contributed by atoms with E-state index in [1.54, 1.807) is 0 Å². The molecule has 65 heavy (non-hydrogen) atoms. The zero-order chi connectivity index (χ0) is 48.2. The molecule has 346 valence electrons. The van der Waals surface area contributed by atoms with Crippen molar-refractivity contribution in [1.29, 1.82) is 0 Å². The summed E-state index contributed by atoms with van der Waals surface area (Å²) in [6, 6.07) is 10.2. The predicted octanol–water partition coefficient (Wildman–Crippen LogP) is 3.73. The molecule has 6 aromatic rings.